The van der Waals surface area contributed by atoms with Crippen molar-refractivity contribution in [1.29, 1.82) is 0 Å². The Balaban J connectivity index is 2.46. The molecular formula is C13H19NO2. The van der Waals surface area contributed by atoms with Crippen LogP contribution in [-0.2, 0) is 11.3 Å². The van der Waals surface area contributed by atoms with Crippen molar-refractivity contribution in [1.82, 2.24) is 5.48 Å². The molecule has 0 saturated heterocycles. The number of hydrogen-bond donors (Lipinski definition) is 1. The summed E-state index contributed by atoms with van der Waals surface area (Å²) in [6, 6.07) is 7.54. The number of hydrogen-bond acceptors (Lipinski definition) is 2. The Bertz CT molecular complexity index is 330. The van der Waals surface area contributed by atoms with Crippen LogP contribution in [0.25, 0.3) is 0 Å². The molecule has 0 radical (unpaired) electrons. The van der Waals surface area contributed by atoms with Gasteiger partial charge in [0.25, 0.3) is 5.91 Å². The van der Waals surface area contributed by atoms with Crippen molar-refractivity contribution in [2.45, 2.75) is 27.2 Å². The molecule has 0 bridgehead atoms. The third-order valence-electron chi connectivity index (χ3n) is 2.21. The van der Waals surface area contributed by atoms with Gasteiger partial charge in [-0.15, -0.1) is 0 Å². The summed E-state index contributed by atoms with van der Waals surface area (Å²) in [4.78, 5) is 16.7. The Labute approximate surface area is 96.8 Å². The number of carbonyl (C=O) groups is 1. The summed E-state index contributed by atoms with van der Waals surface area (Å²) in [5, 5.41) is 0. The average Bonchev–Trinajstić information content (AvgIpc) is 2.28. The van der Waals surface area contributed by atoms with Crippen molar-refractivity contribution in [2.24, 2.45) is 5.92 Å². The smallest absolute Gasteiger partial charge is 0.273 e. The van der Waals surface area contributed by atoms with Gasteiger partial charge in [0.2, 0.25) is 0 Å². The highest BCUT2D eigenvalue weighted by Gasteiger charge is 2.05. The van der Waals surface area contributed by atoms with Gasteiger partial charge in [0.1, 0.15) is 0 Å². The highest BCUT2D eigenvalue weighted by molar-refractivity contribution is 5.93. The van der Waals surface area contributed by atoms with Crippen LogP contribution in [0.15, 0.2) is 24.3 Å². The zero-order valence-corrected chi connectivity index (χ0v) is 10.1. The van der Waals surface area contributed by atoms with Gasteiger partial charge in [-0.2, -0.15) is 0 Å². The highest BCUT2D eigenvalue weighted by atomic mass is 16.6. The number of rotatable bonds is 5. The van der Waals surface area contributed by atoms with Gasteiger partial charge >= 0.3 is 0 Å². The molecule has 1 amide bonds. The predicted molar refractivity (Wildman–Crippen MR) is 64.1 cm³/mol. The van der Waals surface area contributed by atoms with Crippen molar-refractivity contribution in [2.75, 3.05) is 6.61 Å². The first-order valence-electron chi connectivity index (χ1n) is 5.64. The summed E-state index contributed by atoms with van der Waals surface area (Å²) in [5.74, 6) is 0.214. The fraction of sp³-hybridized carbons (Fsp3) is 0.462. The van der Waals surface area contributed by atoms with Crippen molar-refractivity contribution in [3.63, 3.8) is 0 Å². The lowest BCUT2D eigenvalue weighted by atomic mass is 10.1. The summed E-state index contributed by atoms with van der Waals surface area (Å²) >= 11 is 0. The summed E-state index contributed by atoms with van der Waals surface area (Å²) in [6.07, 6.45) is 0.978. The second-order valence-electron chi connectivity index (χ2n) is 4.19. The van der Waals surface area contributed by atoms with E-state index in [2.05, 4.69) is 12.4 Å². The molecule has 0 aliphatic rings. The van der Waals surface area contributed by atoms with E-state index in [0.717, 1.165) is 6.42 Å². The molecule has 3 nitrogen and oxygen atoms in total. The van der Waals surface area contributed by atoms with E-state index in [1.807, 2.05) is 38.1 Å². The largest absolute Gasteiger partial charge is 0.274 e. The standard InChI is InChI=1S/C13H19NO2/c1-4-11-5-7-12(8-6-11)13(15)14-16-9-10(2)3/h5-8,10H,4,9H2,1-3H3,(H,14,15). The lowest BCUT2D eigenvalue weighted by molar-refractivity contribution is 0.0208. The van der Waals surface area contributed by atoms with Crippen molar-refractivity contribution in [3.8, 4) is 0 Å². The molecule has 1 rings (SSSR count). The molecule has 1 N–H and O–H groups in total. The molecule has 0 fully saturated rings. The summed E-state index contributed by atoms with van der Waals surface area (Å²) in [7, 11) is 0. The van der Waals surface area contributed by atoms with Crippen LogP contribution in [0.4, 0.5) is 0 Å². The van der Waals surface area contributed by atoms with E-state index < -0.39 is 0 Å². The number of amides is 1. The van der Waals surface area contributed by atoms with Crippen molar-refractivity contribution >= 4 is 5.91 Å². The molecule has 16 heavy (non-hydrogen) atoms. The van der Waals surface area contributed by atoms with E-state index in [1.54, 1.807) is 0 Å². The Morgan fingerprint density at radius 3 is 2.44 bits per heavy atom. The quantitative estimate of drug-likeness (QED) is 0.776. The molecule has 88 valence electrons. The van der Waals surface area contributed by atoms with Crippen LogP contribution < -0.4 is 5.48 Å². The van der Waals surface area contributed by atoms with Crippen LogP contribution in [0, 0.1) is 5.92 Å². The summed E-state index contributed by atoms with van der Waals surface area (Å²) < 4.78 is 0. The molecule has 0 heterocycles. The first kappa shape index (κ1) is 12.7. The summed E-state index contributed by atoms with van der Waals surface area (Å²) in [5.41, 5.74) is 4.28. The van der Waals surface area contributed by atoms with Gasteiger partial charge in [-0.25, -0.2) is 5.48 Å². The molecule has 1 aromatic carbocycles. The molecule has 3 heteroatoms. The minimum absolute atomic E-state index is 0.191. The van der Waals surface area contributed by atoms with E-state index in [9.17, 15) is 4.79 Å². The van der Waals surface area contributed by atoms with Crippen LogP contribution in [0.2, 0.25) is 0 Å². The number of aryl methyl sites for hydroxylation is 1. The second kappa shape index (κ2) is 6.28. The Morgan fingerprint density at radius 2 is 1.94 bits per heavy atom. The van der Waals surface area contributed by atoms with Crippen LogP contribution in [0.5, 0.6) is 0 Å². The molecule has 0 aromatic heterocycles. The van der Waals surface area contributed by atoms with Crippen LogP contribution in [0.1, 0.15) is 36.7 Å². The van der Waals surface area contributed by atoms with Gasteiger partial charge in [0.05, 0.1) is 6.61 Å². The third-order valence-corrected chi connectivity index (χ3v) is 2.21. The number of nitrogens with one attached hydrogen (secondary N) is 1. The number of benzene rings is 1. The zero-order valence-electron chi connectivity index (χ0n) is 10.1. The molecule has 0 saturated carbocycles. The highest BCUT2D eigenvalue weighted by Crippen LogP contribution is 2.04. The number of hydroxylamine groups is 1. The fourth-order valence-corrected chi connectivity index (χ4v) is 1.22. The SMILES string of the molecule is CCc1ccc(C(=O)NOCC(C)C)cc1. The van der Waals surface area contributed by atoms with Crippen LogP contribution >= 0.6 is 0 Å². The first-order valence-corrected chi connectivity index (χ1v) is 5.64. The van der Waals surface area contributed by atoms with Gasteiger partial charge < -0.3 is 0 Å². The van der Waals surface area contributed by atoms with Crippen LogP contribution in [-0.4, -0.2) is 12.5 Å². The Kier molecular flexibility index (Phi) is 4.99. The lowest BCUT2D eigenvalue weighted by Gasteiger charge is -2.08. The molecule has 0 spiro atoms. The topological polar surface area (TPSA) is 38.3 Å². The van der Waals surface area contributed by atoms with E-state index >= 15 is 0 Å². The van der Waals surface area contributed by atoms with Gasteiger partial charge in [-0.1, -0.05) is 32.9 Å². The maximum absolute atomic E-state index is 11.6. The normalized spacial score (nSPS) is 10.5. The molecule has 0 unspecified atom stereocenters. The van der Waals surface area contributed by atoms with E-state index in [-0.39, 0.29) is 5.91 Å². The third kappa shape index (κ3) is 4.03. The average molecular weight is 221 g/mol. The maximum atomic E-state index is 11.6. The first-order chi connectivity index (χ1) is 7.63. The molecule has 0 aliphatic carbocycles. The minimum Gasteiger partial charge on any atom is -0.273 e. The van der Waals surface area contributed by atoms with Gasteiger partial charge in [-0.05, 0) is 30.0 Å². The van der Waals surface area contributed by atoms with E-state index in [4.69, 9.17) is 4.84 Å². The Morgan fingerprint density at radius 1 is 1.31 bits per heavy atom. The van der Waals surface area contributed by atoms with Gasteiger partial charge in [-0.3, -0.25) is 9.63 Å². The van der Waals surface area contributed by atoms with Gasteiger partial charge in [0.15, 0.2) is 0 Å². The Hall–Kier alpha value is -1.35. The van der Waals surface area contributed by atoms with Crippen LogP contribution in [0.3, 0.4) is 0 Å². The second-order valence-corrected chi connectivity index (χ2v) is 4.19. The number of carbonyl (C=O) groups excluding carboxylic acids is 1. The van der Waals surface area contributed by atoms with Crippen molar-refractivity contribution < 1.29 is 9.63 Å². The maximum Gasteiger partial charge on any atom is 0.274 e. The molecular weight excluding hydrogens is 202 g/mol. The molecule has 0 aliphatic heterocycles. The van der Waals surface area contributed by atoms with Crippen molar-refractivity contribution in [3.05, 3.63) is 35.4 Å². The molecule has 0 atom stereocenters. The van der Waals surface area contributed by atoms with E-state index in [1.165, 1.54) is 5.56 Å². The zero-order chi connectivity index (χ0) is 12.0. The molecule has 1 aromatic rings. The minimum atomic E-state index is -0.191. The summed E-state index contributed by atoms with van der Waals surface area (Å²) in [6.45, 7) is 6.67. The predicted octanol–water partition coefficient (Wildman–Crippen LogP) is 2.57. The lowest BCUT2D eigenvalue weighted by Crippen LogP contribution is -2.25. The van der Waals surface area contributed by atoms with E-state index in [0.29, 0.717) is 18.1 Å². The van der Waals surface area contributed by atoms with Gasteiger partial charge in [0, 0.05) is 5.56 Å². The fourth-order valence-electron chi connectivity index (χ4n) is 1.22. The monoisotopic (exact) mass is 221 g/mol.